The van der Waals surface area contributed by atoms with Crippen LogP contribution in [0.4, 0.5) is 0 Å². The number of nitrogens with one attached hydrogen (secondary N) is 2. The van der Waals surface area contributed by atoms with Gasteiger partial charge in [-0.15, -0.1) is 0 Å². The van der Waals surface area contributed by atoms with E-state index in [-0.39, 0.29) is 11.9 Å². The Balaban J connectivity index is 2.36. The molecule has 0 aliphatic heterocycles. The number of amides is 1. The van der Waals surface area contributed by atoms with Crippen molar-refractivity contribution in [1.82, 2.24) is 5.32 Å². The minimum atomic E-state index is -0.213. The minimum absolute atomic E-state index is 0.106. The van der Waals surface area contributed by atoms with Crippen LogP contribution < -0.4 is 5.32 Å². The largest absolute Gasteiger partial charge is 0.344 e. The Morgan fingerprint density at radius 3 is 2.27 bits per heavy atom. The fourth-order valence-corrected chi connectivity index (χ4v) is 2.32. The first-order valence-electron chi connectivity index (χ1n) is 8.49. The summed E-state index contributed by atoms with van der Waals surface area (Å²) in [5, 5.41) is 10.3. The zero-order chi connectivity index (χ0) is 16.4. The molecule has 0 saturated carbocycles. The topological polar surface area (TPSA) is 53.0 Å². The minimum Gasteiger partial charge on any atom is -0.344 e. The molecule has 1 rings (SSSR count). The third-order valence-corrected chi connectivity index (χ3v) is 4.03. The number of rotatable bonds is 10. The van der Waals surface area contributed by atoms with Gasteiger partial charge in [0.05, 0.1) is 6.04 Å². The Morgan fingerprint density at radius 2 is 1.68 bits per heavy atom. The molecular formula is C19H30N2O. The molecule has 1 amide bonds. The SMILES string of the molecule is CCCCCCCCc1ccc(C(=O)NC(C)C(C)=N)cc1. The summed E-state index contributed by atoms with van der Waals surface area (Å²) in [5.41, 5.74) is 2.43. The zero-order valence-corrected chi connectivity index (χ0v) is 14.2. The molecule has 3 heteroatoms. The van der Waals surface area contributed by atoms with Gasteiger partial charge >= 0.3 is 0 Å². The van der Waals surface area contributed by atoms with Crippen LogP contribution in [0.3, 0.4) is 0 Å². The first kappa shape index (κ1) is 18.4. The van der Waals surface area contributed by atoms with E-state index in [0.29, 0.717) is 11.3 Å². The molecular weight excluding hydrogens is 272 g/mol. The van der Waals surface area contributed by atoms with E-state index in [2.05, 4.69) is 12.2 Å². The van der Waals surface area contributed by atoms with E-state index < -0.39 is 0 Å². The summed E-state index contributed by atoms with van der Waals surface area (Å²) in [5.74, 6) is -0.106. The Morgan fingerprint density at radius 1 is 1.09 bits per heavy atom. The van der Waals surface area contributed by atoms with Crippen LogP contribution in [-0.2, 0) is 6.42 Å². The van der Waals surface area contributed by atoms with Crippen LogP contribution in [0.25, 0.3) is 0 Å². The maximum atomic E-state index is 12.0. The third-order valence-electron chi connectivity index (χ3n) is 4.03. The quantitative estimate of drug-likeness (QED) is 0.475. The molecule has 1 unspecified atom stereocenters. The van der Waals surface area contributed by atoms with Crippen molar-refractivity contribution >= 4 is 11.6 Å². The first-order chi connectivity index (χ1) is 10.5. The highest BCUT2D eigenvalue weighted by molar-refractivity contribution is 5.97. The lowest BCUT2D eigenvalue weighted by atomic mass is 10.0. The molecule has 0 spiro atoms. The molecule has 0 heterocycles. The van der Waals surface area contributed by atoms with Gasteiger partial charge in [-0.1, -0.05) is 51.2 Å². The second-order valence-corrected chi connectivity index (χ2v) is 6.09. The number of hydrogen-bond acceptors (Lipinski definition) is 2. The van der Waals surface area contributed by atoms with Crippen LogP contribution in [-0.4, -0.2) is 17.7 Å². The number of aryl methyl sites for hydroxylation is 1. The van der Waals surface area contributed by atoms with E-state index >= 15 is 0 Å². The van der Waals surface area contributed by atoms with E-state index in [1.54, 1.807) is 6.92 Å². The van der Waals surface area contributed by atoms with Crippen LogP contribution in [0.15, 0.2) is 24.3 Å². The van der Waals surface area contributed by atoms with Gasteiger partial charge in [-0.2, -0.15) is 0 Å². The Bertz CT molecular complexity index is 465. The summed E-state index contributed by atoms with van der Waals surface area (Å²) in [6, 6.07) is 7.64. The normalized spacial score (nSPS) is 12.0. The maximum Gasteiger partial charge on any atom is 0.251 e. The predicted molar refractivity (Wildman–Crippen MR) is 93.9 cm³/mol. The van der Waals surface area contributed by atoms with Crippen molar-refractivity contribution in [3.05, 3.63) is 35.4 Å². The molecule has 0 bridgehead atoms. The second-order valence-electron chi connectivity index (χ2n) is 6.09. The van der Waals surface area contributed by atoms with E-state index in [0.717, 1.165) is 6.42 Å². The lowest BCUT2D eigenvalue weighted by Gasteiger charge is -2.12. The molecule has 22 heavy (non-hydrogen) atoms. The molecule has 1 aromatic carbocycles. The molecule has 0 aliphatic rings. The van der Waals surface area contributed by atoms with Crippen LogP contribution in [0.5, 0.6) is 0 Å². The lowest BCUT2D eigenvalue weighted by molar-refractivity contribution is 0.0949. The van der Waals surface area contributed by atoms with Gasteiger partial charge in [-0.25, -0.2) is 0 Å². The standard InChI is InChI=1S/C19H30N2O/c1-4-5-6-7-8-9-10-17-11-13-18(14-12-17)19(22)21-16(3)15(2)20/h11-14,16,20H,4-10H2,1-3H3,(H,21,22). The van der Waals surface area contributed by atoms with E-state index in [9.17, 15) is 4.79 Å². The van der Waals surface area contributed by atoms with Crippen molar-refractivity contribution in [1.29, 1.82) is 5.41 Å². The summed E-state index contributed by atoms with van der Waals surface area (Å²) in [7, 11) is 0. The molecule has 1 aromatic rings. The number of benzene rings is 1. The second kappa shape index (κ2) is 10.1. The van der Waals surface area contributed by atoms with Gasteiger partial charge in [0.2, 0.25) is 0 Å². The summed E-state index contributed by atoms with van der Waals surface area (Å²) < 4.78 is 0. The zero-order valence-electron chi connectivity index (χ0n) is 14.2. The third kappa shape index (κ3) is 6.88. The van der Waals surface area contributed by atoms with Gasteiger partial charge in [-0.05, 0) is 44.4 Å². The van der Waals surface area contributed by atoms with E-state index in [4.69, 9.17) is 5.41 Å². The summed E-state index contributed by atoms with van der Waals surface area (Å²) in [6.07, 6.45) is 8.91. The molecule has 0 fully saturated rings. The number of unbranched alkanes of at least 4 members (excludes halogenated alkanes) is 5. The van der Waals surface area contributed by atoms with E-state index in [1.165, 1.54) is 44.1 Å². The Hall–Kier alpha value is -1.64. The summed E-state index contributed by atoms with van der Waals surface area (Å²) in [6.45, 7) is 5.77. The van der Waals surface area contributed by atoms with Crippen molar-refractivity contribution in [3.8, 4) is 0 Å². The van der Waals surface area contributed by atoms with Crippen LogP contribution in [0, 0.1) is 5.41 Å². The van der Waals surface area contributed by atoms with Crippen molar-refractivity contribution < 1.29 is 4.79 Å². The van der Waals surface area contributed by atoms with Crippen LogP contribution >= 0.6 is 0 Å². The fourth-order valence-electron chi connectivity index (χ4n) is 2.32. The summed E-state index contributed by atoms with van der Waals surface area (Å²) in [4.78, 5) is 12.0. The van der Waals surface area contributed by atoms with Crippen molar-refractivity contribution in [3.63, 3.8) is 0 Å². The van der Waals surface area contributed by atoms with Gasteiger partial charge < -0.3 is 10.7 Å². The number of hydrogen-bond donors (Lipinski definition) is 2. The highest BCUT2D eigenvalue weighted by Crippen LogP contribution is 2.11. The number of carbonyl (C=O) groups excluding carboxylic acids is 1. The molecule has 3 nitrogen and oxygen atoms in total. The molecule has 122 valence electrons. The molecule has 0 radical (unpaired) electrons. The number of carbonyl (C=O) groups is 1. The Kier molecular flexibility index (Phi) is 8.49. The van der Waals surface area contributed by atoms with Crippen LogP contribution in [0.2, 0.25) is 0 Å². The van der Waals surface area contributed by atoms with Crippen molar-refractivity contribution in [2.75, 3.05) is 0 Å². The molecule has 2 N–H and O–H groups in total. The smallest absolute Gasteiger partial charge is 0.251 e. The van der Waals surface area contributed by atoms with Crippen molar-refractivity contribution in [2.24, 2.45) is 0 Å². The molecule has 0 saturated heterocycles. The maximum absolute atomic E-state index is 12.0. The van der Waals surface area contributed by atoms with Gasteiger partial charge in [0.25, 0.3) is 5.91 Å². The average Bonchev–Trinajstić information content (AvgIpc) is 2.51. The van der Waals surface area contributed by atoms with Gasteiger partial charge in [-0.3, -0.25) is 4.79 Å². The van der Waals surface area contributed by atoms with E-state index in [1.807, 2.05) is 31.2 Å². The monoisotopic (exact) mass is 302 g/mol. The van der Waals surface area contributed by atoms with Gasteiger partial charge in [0.15, 0.2) is 0 Å². The van der Waals surface area contributed by atoms with Crippen LogP contribution in [0.1, 0.15) is 75.2 Å². The highest BCUT2D eigenvalue weighted by Gasteiger charge is 2.10. The van der Waals surface area contributed by atoms with Gasteiger partial charge in [0, 0.05) is 11.3 Å². The molecule has 1 atom stereocenters. The highest BCUT2D eigenvalue weighted by atomic mass is 16.1. The lowest BCUT2D eigenvalue weighted by Crippen LogP contribution is -2.36. The predicted octanol–water partition coefficient (Wildman–Crippen LogP) is 4.75. The summed E-state index contributed by atoms with van der Waals surface area (Å²) >= 11 is 0. The Labute approximate surface area is 135 Å². The fraction of sp³-hybridized carbons (Fsp3) is 0.579. The average molecular weight is 302 g/mol. The van der Waals surface area contributed by atoms with Crippen molar-refractivity contribution in [2.45, 2.75) is 71.8 Å². The molecule has 0 aromatic heterocycles. The molecule has 0 aliphatic carbocycles. The first-order valence-corrected chi connectivity index (χ1v) is 8.49. The van der Waals surface area contributed by atoms with Gasteiger partial charge in [0.1, 0.15) is 0 Å².